The van der Waals surface area contributed by atoms with Crippen molar-refractivity contribution in [3.8, 4) is 5.75 Å². The Labute approximate surface area is 189 Å². The summed E-state index contributed by atoms with van der Waals surface area (Å²) in [6.07, 6.45) is 0. The number of carbonyl (C=O) groups excluding carboxylic acids is 2. The zero-order valence-corrected chi connectivity index (χ0v) is 20.4. The van der Waals surface area contributed by atoms with Gasteiger partial charge in [-0.25, -0.2) is 8.42 Å². The van der Waals surface area contributed by atoms with Gasteiger partial charge in [0.05, 0.1) is 30.3 Å². The minimum absolute atomic E-state index is 0.180. The molecule has 0 radical (unpaired) electrons. The largest absolute Gasteiger partial charge is 0.495 e. The third kappa shape index (κ3) is 5.86. The molecule has 0 fully saturated rings. The van der Waals surface area contributed by atoms with Crippen LogP contribution in [0.15, 0.2) is 29.2 Å². The number of amides is 2. The number of sulfonamides is 1. The quantitative estimate of drug-likeness (QED) is 0.559. The summed E-state index contributed by atoms with van der Waals surface area (Å²) in [6.45, 7) is 10.2. The number of rotatable bonds is 8. The van der Waals surface area contributed by atoms with Crippen molar-refractivity contribution in [1.82, 2.24) is 10.0 Å². The average molecular weight is 462 g/mol. The van der Waals surface area contributed by atoms with E-state index in [9.17, 15) is 18.0 Å². The van der Waals surface area contributed by atoms with Gasteiger partial charge < -0.3 is 15.4 Å². The first kappa shape index (κ1) is 25.4. The van der Waals surface area contributed by atoms with Crippen LogP contribution in [0.5, 0.6) is 5.75 Å². The molecule has 0 saturated heterocycles. The minimum Gasteiger partial charge on any atom is -0.495 e. The number of nitrogens with one attached hydrogen (secondary N) is 3. The van der Waals surface area contributed by atoms with E-state index in [4.69, 9.17) is 4.74 Å². The Morgan fingerprint density at radius 2 is 1.59 bits per heavy atom. The Balaban J connectivity index is 2.05. The van der Waals surface area contributed by atoms with Gasteiger partial charge in [0.2, 0.25) is 21.8 Å². The summed E-state index contributed by atoms with van der Waals surface area (Å²) in [7, 11) is -2.44. The van der Waals surface area contributed by atoms with Crippen LogP contribution in [0.4, 0.5) is 5.69 Å². The Bertz CT molecular complexity index is 1120. The standard InChI is InChI=1S/C23H31N3O5S/c1-13-8-9-20(31-7)19(10-13)25-21(27)12-24-23(28)18(6)26-32(29,30)22-16(4)14(2)11-15(3)17(22)5/h8-11,18,26H,12H2,1-7H3,(H,24,28)(H,25,27)/t18-/m0/s1. The normalized spacial score (nSPS) is 12.2. The number of hydrogen-bond acceptors (Lipinski definition) is 5. The highest BCUT2D eigenvalue weighted by Gasteiger charge is 2.26. The summed E-state index contributed by atoms with van der Waals surface area (Å²) in [4.78, 5) is 24.9. The number of benzene rings is 2. The molecule has 0 spiro atoms. The second-order valence-electron chi connectivity index (χ2n) is 7.90. The maximum atomic E-state index is 13.0. The van der Waals surface area contributed by atoms with Crippen LogP contribution < -0.4 is 20.1 Å². The van der Waals surface area contributed by atoms with Crippen molar-refractivity contribution >= 4 is 27.5 Å². The molecule has 0 bridgehead atoms. The van der Waals surface area contributed by atoms with Crippen LogP contribution in [-0.2, 0) is 19.6 Å². The summed E-state index contributed by atoms with van der Waals surface area (Å²) < 4.78 is 33.6. The average Bonchev–Trinajstić information content (AvgIpc) is 2.70. The molecule has 0 heterocycles. The Kier molecular flexibility index (Phi) is 8.03. The molecule has 2 aromatic carbocycles. The SMILES string of the molecule is COc1ccc(C)cc1NC(=O)CNC(=O)[C@H](C)NS(=O)(=O)c1c(C)c(C)cc(C)c1C. The number of carbonyl (C=O) groups is 2. The van der Waals surface area contributed by atoms with Gasteiger partial charge in [0.1, 0.15) is 5.75 Å². The Morgan fingerprint density at radius 3 is 2.16 bits per heavy atom. The molecule has 2 aromatic rings. The van der Waals surface area contributed by atoms with E-state index >= 15 is 0 Å². The van der Waals surface area contributed by atoms with Crippen molar-refractivity contribution < 1.29 is 22.7 Å². The summed E-state index contributed by atoms with van der Waals surface area (Å²) in [5.74, 6) is -0.575. The predicted molar refractivity (Wildman–Crippen MR) is 125 cm³/mol. The summed E-state index contributed by atoms with van der Waals surface area (Å²) in [5.41, 5.74) is 4.41. The number of methoxy groups -OCH3 is 1. The zero-order valence-electron chi connectivity index (χ0n) is 19.5. The molecule has 174 valence electrons. The molecule has 0 aliphatic heterocycles. The second kappa shape index (κ2) is 10.1. The number of anilines is 1. The highest BCUT2D eigenvalue weighted by atomic mass is 32.2. The van der Waals surface area contributed by atoms with Gasteiger partial charge in [0.15, 0.2) is 0 Å². The molecule has 2 amide bonds. The maximum absolute atomic E-state index is 13.0. The summed E-state index contributed by atoms with van der Waals surface area (Å²) >= 11 is 0. The van der Waals surface area contributed by atoms with Gasteiger partial charge in [-0.05, 0) is 81.5 Å². The molecule has 8 nitrogen and oxygen atoms in total. The number of aryl methyl sites for hydroxylation is 3. The lowest BCUT2D eigenvalue weighted by Crippen LogP contribution is -2.46. The van der Waals surface area contributed by atoms with Crippen LogP contribution in [0.25, 0.3) is 0 Å². The molecule has 0 aromatic heterocycles. The maximum Gasteiger partial charge on any atom is 0.243 e. The van der Waals surface area contributed by atoms with Crippen molar-refractivity contribution in [3.05, 3.63) is 52.1 Å². The molecule has 0 aliphatic carbocycles. The van der Waals surface area contributed by atoms with Crippen molar-refractivity contribution in [3.63, 3.8) is 0 Å². The molecular formula is C23H31N3O5S. The van der Waals surface area contributed by atoms with E-state index in [1.807, 2.05) is 32.9 Å². The first-order valence-electron chi connectivity index (χ1n) is 10.2. The smallest absolute Gasteiger partial charge is 0.243 e. The van der Waals surface area contributed by atoms with Crippen molar-refractivity contribution in [2.75, 3.05) is 19.0 Å². The minimum atomic E-state index is -3.94. The summed E-state index contributed by atoms with van der Waals surface area (Å²) in [5, 5.41) is 5.14. The first-order chi connectivity index (χ1) is 14.9. The van der Waals surface area contributed by atoms with Crippen LogP contribution in [0, 0.1) is 34.6 Å². The second-order valence-corrected chi connectivity index (χ2v) is 9.55. The Hall–Kier alpha value is -2.91. The molecule has 1 atom stereocenters. The monoisotopic (exact) mass is 461 g/mol. The fraction of sp³-hybridized carbons (Fsp3) is 0.391. The van der Waals surface area contributed by atoms with Gasteiger partial charge in [-0.3, -0.25) is 9.59 Å². The lowest BCUT2D eigenvalue weighted by Gasteiger charge is -2.19. The van der Waals surface area contributed by atoms with Crippen LogP contribution in [-0.4, -0.2) is 39.9 Å². The van der Waals surface area contributed by atoms with Crippen LogP contribution >= 0.6 is 0 Å². The lowest BCUT2D eigenvalue weighted by molar-refractivity contribution is -0.125. The van der Waals surface area contributed by atoms with Crippen molar-refractivity contribution in [1.29, 1.82) is 0 Å². The molecule has 3 N–H and O–H groups in total. The predicted octanol–water partition coefficient (Wildman–Crippen LogP) is 2.66. The van der Waals surface area contributed by atoms with E-state index in [1.165, 1.54) is 14.0 Å². The van der Waals surface area contributed by atoms with Gasteiger partial charge in [-0.15, -0.1) is 0 Å². The first-order valence-corrected chi connectivity index (χ1v) is 11.7. The van der Waals surface area contributed by atoms with Crippen LogP contribution in [0.1, 0.15) is 34.7 Å². The van der Waals surface area contributed by atoms with Crippen molar-refractivity contribution in [2.45, 2.75) is 52.5 Å². The lowest BCUT2D eigenvalue weighted by atomic mass is 10.0. The third-order valence-electron chi connectivity index (χ3n) is 5.34. The summed E-state index contributed by atoms with van der Waals surface area (Å²) in [6, 6.07) is 6.20. The van der Waals surface area contributed by atoms with Crippen molar-refractivity contribution in [2.24, 2.45) is 0 Å². The van der Waals surface area contributed by atoms with Crippen LogP contribution in [0.3, 0.4) is 0 Å². The van der Waals surface area contributed by atoms with E-state index in [-0.39, 0.29) is 11.4 Å². The van der Waals surface area contributed by atoms with E-state index in [1.54, 1.807) is 26.0 Å². The number of ether oxygens (including phenoxy) is 1. The molecule has 9 heteroatoms. The topological polar surface area (TPSA) is 114 Å². The van der Waals surface area contributed by atoms with E-state index in [2.05, 4.69) is 15.4 Å². The highest BCUT2D eigenvalue weighted by Crippen LogP contribution is 2.26. The third-order valence-corrected chi connectivity index (χ3v) is 7.16. The molecule has 2 rings (SSSR count). The molecule has 32 heavy (non-hydrogen) atoms. The highest BCUT2D eigenvalue weighted by molar-refractivity contribution is 7.89. The molecule has 0 unspecified atom stereocenters. The van der Waals surface area contributed by atoms with E-state index in [0.717, 1.165) is 16.7 Å². The van der Waals surface area contributed by atoms with Gasteiger partial charge in [0, 0.05) is 0 Å². The zero-order chi connectivity index (χ0) is 24.2. The Morgan fingerprint density at radius 1 is 1.00 bits per heavy atom. The van der Waals surface area contributed by atoms with Gasteiger partial charge in [0.25, 0.3) is 0 Å². The van der Waals surface area contributed by atoms with E-state index < -0.39 is 27.9 Å². The van der Waals surface area contributed by atoms with E-state index in [0.29, 0.717) is 22.6 Å². The van der Waals surface area contributed by atoms with Gasteiger partial charge in [-0.2, -0.15) is 4.72 Å². The fourth-order valence-electron chi connectivity index (χ4n) is 3.36. The molecular weight excluding hydrogens is 430 g/mol. The molecule has 0 saturated carbocycles. The molecule has 0 aliphatic rings. The fourth-order valence-corrected chi connectivity index (χ4v) is 5.18. The number of hydrogen-bond donors (Lipinski definition) is 3. The van der Waals surface area contributed by atoms with Crippen LogP contribution in [0.2, 0.25) is 0 Å². The van der Waals surface area contributed by atoms with Gasteiger partial charge >= 0.3 is 0 Å². The van der Waals surface area contributed by atoms with Gasteiger partial charge in [-0.1, -0.05) is 12.1 Å².